The number of hydrogen-bond acceptors (Lipinski definition) is 3. The van der Waals surface area contributed by atoms with Gasteiger partial charge >= 0.3 is 0 Å². The van der Waals surface area contributed by atoms with Gasteiger partial charge in [0.25, 0.3) is 0 Å². The van der Waals surface area contributed by atoms with Crippen LogP contribution < -0.4 is 5.32 Å². The number of benzene rings is 1. The highest BCUT2D eigenvalue weighted by Gasteiger charge is 2.05. The van der Waals surface area contributed by atoms with Crippen molar-refractivity contribution in [2.24, 2.45) is 0 Å². The third-order valence-corrected chi connectivity index (χ3v) is 3.35. The third kappa shape index (κ3) is 3.94. The first kappa shape index (κ1) is 13.2. The monoisotopic (exact) mass is 241 g/mol. The van der Waals surface area contributed by atoms with Gasteiger partial charge in [0.15, 0.2) is 0 Å². The van der Waals surface area contributed by atoms with Gasteiger partial charge in [0, 0.05) is 40.8 Å². The maximum atomic E-state index is 11.2. The molecule has 0 aromatic heterocycles. The smallest absolute Gasteiger partial charge is 0.0663 e. The number of methoxy groups -OCH3 is 1. The van der Waals surface area contributed by atoms with E-state index in [0.29, 0.717) is 12.6 Å². The van der Waals surface area contributed by atoms with E-state index in [9.17, 15) is 4.21 Å². The Morgan fingerprint density at radius 1 is 1.38 bits per heavy atom. The Labute approximate surface area is 99.7 Å². The zero-order valence-corrected chi connectivity index (χ0v) is 10.8. The van der Waals surface area contributed by atoms with E-state index in [0.717, 1.165) is 17.0 Å². The van der Waals surface area contributed by atoms with Crippen molar-refractivity contribution in [1.82, 2.24) is 0 Å². The predicted molar refractivity (Wildman–Crippen MR) is 68.4 cm³/mol. The van der Waals surface area contributed by atoms with Crippen LogP contribution in [0, 0.1) is 0 Å². The molecule has 0 fully saturated rings. The highest BCUT2D eigenvalue weighted by atomic mass is 32.2. The molecule has 1 N–H and O–H groups in total. The number of rotatable bonds is 6. The van der Waals surface area contributed by atoms with Crippen molar-refractivity contribution < 1.29 is 8.95 Å². The summed E-state index contributed by atoms with van der Waals surface area (Å²) in [6.07, 6.45) is 2.69. The van der Waals surface area contributed by atoms with Gasteiger partial charge in [0.2, 0.25) is 0 Å². The van der Waals surface area contributed by atoms with E-state index in [1.54, 1.807) is 13.4 Å². The van der Waals surface area contributed by atoms with Crippen LogP contribution in [0.3, 0.4) is 0 Å². The molecule has 1 aromatic rings. The molecule has 90 valence electrons. The van der Waals surface area contributed by atoms with Crippen LogP contribution in [-0.4, -0.2) is 30.2 Å². The normalized spacial score (nSPS) is 14.4. The molecule has 0 amide bonds. The van der Waals surface area contributed by atoms with E-state index >= 15 is 0 Å². The molecule has 3 nitrogen and oxygen atoms in total. The molecular formula is C12H19NO2S. The summed E-state index contributed by atoms with van der Waals surface area (Å²) >= 11 is 0. The van der Waals surface area contributed by atoms with Crippen molar-refractivity contribution in [3.8, 4) is 0 Å². The molecule has 0 saturated heterocycles. The fraction of sp³-hybridized carbons (Fsp3) is 0.500. The van der Waals surface area contributed by atoms with Crippen LogP contribution in [-0.2, 0) is 15.5 Å². The van der Waals surface area contributed by atoms with Crippen molar-refractivity contribution in [1.29, 1.82) is 0 Å². The predicted octanol–water partition coefficient (Wildman–Crippen LogP) is 2.26. The van der Waals surface area contributed by atoms with Crippen LogP contribution in [0.25, 0.3) is 0 Å². The summed E-state index contributed by atoms with van der Waals surface area (Å²) in [5.74, 6) is 0. The summed E-state index contributed by atoms with van der Waals surface area (Å²) in [6.45, 7) is 2.81. The van der Waals surface area contributed by atoms with Crippen LogP contribution >= 0.6 is 0 Å². The SMILES string of the molecule is CC[C@H](COC)Nc1ccc([S@](C)=O)cc1. The van der Waals surface area contributed by atoms with Crippen LogP contribution in [0.2, 0.25) is 0 Å². The Kier molecular flexibility index (Phi) is 5.49. The second-order valence-electron chi connectivity index (χ2n) is 3.68. The van der Waals surface area contributed by atoms with Crippen LogP contribution in [0.5, 0.6) is 0 Å². The van der Waals surface area contributed by atoms with E-state index in [1.165, 1.54) is 0 Å². The summed E-state index contributed by atoms with van der Waals surface area (Å²) < 4.78 is 16.3. The Morgan fingerprint density at radius 3 is 2.44 bits per heavy atom. The summed E-state index contributed by atoms with van der Waals surface area (Å²) in [5.41, 5.74) is 1.04. The number of anilines is 1. The van der Waals surface area contributed by atoms with E-state index in [4.69, 9.17) is 4.74 Å². The lowest BCUT2D eigenvalue weighted by Gasteiger charge is -2.17. The average molecular weight is 241 g/mol. The fourth-order valence-electron chi connectivity index (χ4n) is 1.44. The lowest BCUT2D eigenvalue weighted by molar-refractivity contribution is 0.184. The Balaban J connectivity index is 2.63. The molecule has 0 bridgehead atoms. The maximum Gasteiger partial charge on any atom is 0.0663 e. The highest BCUT2D eigenvalue weighted by molar-refractivity contribution is 7.84. The van der Waals surface area contributed by atoms with E-state index in [2.05, 4.69) is 12.2 Å². The van der Waals surface area contributed by atoms with Crippen LogP contribution in [0.1, 0.15) is 13.3 Å². The average Bonchev–Trinajstić information content (AvgIpc) is 2.29. The molecule has 16 heavy (non-hydrogen) atoms. The van der Waals surface area contributed by atoms with Gasteiger partial charge < -0.3 is 10.1 Å². The summed E-state index contributed by atoms with van der Waals surface area (Å²) in [4.78, 5) is 0.852. The van der Waals surface area contributed by atoms with E-state index < -0.39 is 10.8 Å². The van der Waals surface area contributed by atoms with Gasteiger partial charge in [-0.15, -0.1) is 0 Å². The lowest BCUT2D eigenvalue weighted by atomic mass is 10.2. The first-order chi connectivity index (χ1) is 7.67. The molecular weight excluding hydrogens is 222 g/mol. The summed E-state index contributed by atoms with van der Waals surface area (Å²) in [6, 6.07) is 8.00. The van der Waals surface area contributed by atoms with Gasteiger partial charge in [-0.25, -0.2) is 0 Å². The number of nitrogens with one attached hydrogen (secondary N) is 1. The van der Waals surface area contributed by atoms with Crippen molar-refractivity contribution in [2.75, 3.05) is 25.3 Å². The molecule has 0 saturated carbocycles. The molecule has 1 rings (SSSR count). The third-order valence-electron chi connectivity index (χ3n) is 2.42. The lowest BCUT2D eigenvalue weighted by Crippen LogP contribution is -2.23. The fourth-order valence-corrected chi connectivity index (χ4v) is 1.96. The standard InChI is InChI=1S/C12H19NO2S/c1-4-10(9-15-2)13-11-5-7-12(8-6-11)16(3)14/h5-8,10,13H,4,9H2,1-3H3/t10-,16+/m1/s1. The van der Waals surface area contributed by atoms with Crippen molar-refractivity contribution >= 4 is 16.5 Å². The Bertz CT molecular complexity index is 337. The molecule has 0 aliphatic rings. The van der Waals surface area contributed by atoms with Gasteiger partial charge in [-0.2, -0.15) is 0 Å². The van der Waals surface area contributed by atoms with E-state index in [1.807, 2.05) is 24.3 Å². The minimum Gasteiger partial charge on any atom is -0.383 e. The van der Waals surface area contributed by atoms with Crippen molar-refractivity contribution in [3.05, 3.63) is 24.3 Å². The molecule has 0 heterocycles. The second kappa shape index (κ2) is 6.66. The molecule has 0 spiro atoms. The quantitative estimate of drug-likeness (QED) is 0.830. The van der Waals surface area contributed by atoms with Crippen molar-refractivity contribution in [3.63, 3.8) is 0 Å². The topological polar surface area (TPSA) is 38.3 Å². The number of ether oxygens (including phenoxy) is 1. The van der Waals surface area contributed by atoms with Gasteiger partial charge in [0.1, 0.15) is 0 Å². The zero-order chi connectivity index (χ0) is 12.0. The second-order valence-corrected chi connectivity index (χ2v) is 5.06. The van der Waals surface area contributed by atoms with E-state index in [-0.39, 0.29) is 0 Å². The van der Waals surface area contributed by atoms with Crippen molar-refractivity contribution in [2.45, 2.75) is 24.3 Å². The maximum absolute atomic E-state index is 11.2. The first-order valence-corrected chi connectivity index (χ1v) is 6.92. The summed E-state index contributed by atoms with van der Waals surface area (Å²) in [7, 11) is 0.794. The number of hydrogen-bond donors (Lipinski definition) is 1. The Morgan fingerprint density at radius 2 is 2.00 bits per heavy atom. The van der Waals surface area contributed by atoms with Gasteiger partial charge in [-0.3, -0.25) is 4.21 Å². The largest absolute Gasteiger partial charge is 0.383 e. The molecule has 0 aliphatic carbocycles. The zero-order valence-electron chi connectivity index (χ0n) is 10.0. The minimum absolute atomic E-state index is 0.322. The minimum atomic E-state index is -0.908. The van der Waals surface area contributed by atoms with Gasteiger partial charge in [0.05, 0.1) is 6.61 Å². The first-order valence-electron chi connectivity index (χ1n) is 5.36. The van der Waals surface area contributed by atoms with Gasteiger partial charge in [-0.05, 0) is 30.7 Å². The molecule has 1 aromatic carbocycles. The Hall–Kier alpha value is -0.870. The highest BCUT2D eigenvalue weighted by Crippen LogP contribution is 2.13. The molecule has 0 aliphatic heterocycles. The molecule has 4 heteroatoms. The summed E-state index contributed by atoms with van der Waals surface area (Å²) in [5, 5.41) is 3.37. The molecule has 2 atom stereocenters. The molecule has 0 radical (unpaired) electrons. The van der Waals surface area contributed by atoms with Crippen LogP contribution in [0.15, 0.2) is 29.2 Å². The molecule has 0 unspecified atom stereocenters. The van der Waals surface area contributed by atoms with Crippen LogP contribution in [0.4, 0.5) is 5.69 Å². The van der Waals surface area contributed by atoms with Gasteiger partial charge in [-0.1, -0.05) is 6.92 Å².